The molecule has 5 rings (SSSR count). The Morgan fingerprint density at radius 3 is 2.49 bits per heavy atom. The molecule has 4 nitrogen and oxygen atoms in total. The number of hydrogen-bond donors (Lipinski definition) is 1. The monoisotopic (exact) mass is 553 g/mol. The van der Waals surface area contributed by atoms with Crippen LogP contribution in [-0.4, -0.2) is 5.78 Å². The predicted molar refractivity (Wildman–Crippen MR) is 161 cm³/mol. The lowest BCUT2D eigenvalue weighted by atomic mass is 9.73. The number of Topliss-reactive ketones (excluding diaryl/α,β-unsaturated/α-hetero) is 1. The number of aryl methyl sites for hydroxylation is 3. The number of nitrogens with two attached hydrogens (primary N) is 1. The van der Waals surface area contributed by atoms with E-state index in [0.29, 0.717) is 34.8 Å². The van der Waals surface area contributed by atoms with Crippen LogP contribution in [0.15, 0.2) is 82.2 Å². The average molecular weight is 554 g/mol. The third-order valence-corrected chi connectivity index (χ3v) is 9.05. The van der Waals surface area contributed by atoms with Gasteiger partial charge in [-0.25, -0.2) is 0 Å². The zero-order valence-corrected chi connectivity index (χ0v) is 24.3. The highest BCUT2D eigenvalue weighted by atomic mass is 35.5. The maximum atomic E-state index is 13.6. The maximum absolute atomic E-state index is 13.6. The third-order valence-electron chi connectivity index (χ3n) is 7.75. The number of hydrogen-bond acceptors (Lipinski definition) is 5. The van der Waals surface area contributed by atoms with Gasteiger partial charge in [-0.3, -0.25) is 9.69 Å². The van der Waals surface area contributed by atoms with Crippen molar-refractivity contribution in [3.63, 3.8) is 0 Å². The van der Waals surface area contributed by atoms with E-state index in [1.807, 2.05) is 30.0 Å². The van der Waals surface area contributed by atoms with Crippen LogP contribution in [0.1, 0.15) is 58.6 Å². The molecule has 0 radical (unpaired) electrons. The van der Waals surface area contributed by atoms with Gasteiger partial charge in [-0.1, -0.05) is 53.1 Å². The van der Waals surface area contributed by atoms with Gasteiger partial charge < -0.3 is 5.73 Å². The highest BCUT2D eigenvalue weighted by Gasteiger charge is 2.41. The summed E-state index contributed by atoms with van der Waals surface area (Å²) in [6, 6.07) is 20.9. The SMILES string of the molecule is Cc1ccc(SCc2cc(C)cc(C3C(C#N)=C(N)N(c4cc(Cl)ccc4C)C4=C3C(=O)CCC4)c2C)cc1. The summed E-state index contributed by atoms with van der Waals surface area (Å²) in [6.07, 6.45) is 1.93. The molecule has 0 saturated heterocycles. The molecular weight excluding hydrogens is 522 g/mol. The molecule has 3 aromatic rings. The highest BCUT2D eigenvalue weighted by molar-refractivity contribution is 7.98. The van der Waals surface area contributed by atoms with E-state index < -0.39 is 5.92 Å². The van der Waals surface area contributed by atoms with Crippen LogP contribution in [0.2, 0.25) is 5.02 Å². The molecule has 2 aliphatic rings. The van der Waals surface area contributed by atoms with Gasteiger partial charge in [-0.05, 0) is 87.1 Å². The Morgan fingerprint density at radius 1 is 1.03 bits per heavy atom. The van der Waals surface area contributed by atoms with Crippen molar-refractivity contribution in [1.82, 2.24) is 0 Å². The number of carbonyl (C=O) groups is 1. The molecule has 1 atom stereocenters. The van der Waals surface area contributed by atoms with Gasteiger partial charge in [0.25, 0.3) is 0 Å². The molecule has 39 heavy (non-hydrogen) atoms. The van der Waals surface area contributed by atoms with Gasteiger partial charge in [0.2, 0.25) is 0 Å². The molecule has 6 heteroatoms. The highest BCUT2D eigenvalue weighted by Crippen LogP contribution is 2.48. The second-order valence-corrected chi connectivity index (χ2v) is 12.0. The van der Waals surface area contributed by atoms with Crippen molar-refractivity contribution < 1.29 is 4.79 Å². The molecule has 1 aliphatic heterocycles. The molecule has 3 aromatic carbocycles. The van der Waals surface area contributed by atoms with Crippen molar-refractivity contribution in [2.24, 2.45) is 5.73 Å². The number of anilines is 1. The van der Waals surface area contributed by atoms with Crippen molar-refractivity contribution in [3.8, 4) is 6.07 Å². The second-order valence-electron chi connectivity index (χ2n) is 10.5. The molecule has 2 N–H and O–H groups in total. The fourth-order valence-corrected chi connectivity index (χ4v) is 6.82. The first-order valence-electron chi connectivity index (χ1n) is 13.2. The van der Waals surface area contributed by atoms with Crippen molar-refractivity contribution in [2.75, 3.05) is 4.90 Å². The molecule has 1 aliphatic carbocycles. The Bertz CT molecular complexity index is 1580. The van der Waals surface area contributed by atoms with Crippen LogP contribution in [0.5, 0.6) is 0 Å². The first-order valence-corrected chi connectivity index (χ1v) is 14.6. The molecule has 1 heterocycles. The van der Waals surface area contributed by atoms with Crippen molar-refractivity contribution in [2.45, 2.75) is 63.5 Å². The Labute approximate surface area is 240 Å². The number of benzene rings is 3. The van der Waals surface area contributed by atoms with Crippen LogP contribution in [-0.2, 0) is 10.5 Å². The van der Waals surface area contributed by atoms with Crippen LogP contribution >= 0.6 is 23.4 Å². The lowest BCUT2D eigenvalue weighted by Gasteiger charge is -2.40. The number of rotatable bonds is 5. The number of carbonyl (C=O) groups excluding carboxylic acids is 1. The van der Waals surface area contributed by atoms with Crippen molar-refractivity contribution >= 4 is 34.8 Å². The first-order chi connectivity index (χ1) is 18.7. The summed E-state index contributed by atoms with van der Waals surface area (Å²) in [5.41, 5.74) is 16.2. The number of nitriles is 1. The Morgan fingerprint density at radius 2 is 1.77 bits per heavy atom. The van der Waals surface area contributed by atoms with E-state index in [0.717, 1.165) is 45.8 Å². The van der Waals surface area contributed by atoms with Gasteiger partial charge in [0.05, 0.1) is 23.2 Å². The number of halogens is 1. The number of allylic oxidation sites excluding steroid dienone is 3. The molecule has 0 fully saturated rings. The minimum atomic E-state index is -0.489. The maximum Gasteiger partial charge on any atom is 0.161 e. The molecule has 0 amide bonds. The van der Waals surface area contributed by atoms with E-state index in [9.17, 15) is 10.1 Å². The summed E-state index contributed by atoms with van der Waals surface area (Å²) >= 11 is 8.18. The topological polar surface area (TPSA) is 70.1 Å². The first kappa shape index (κ1) is 27.1. The largest absolute Gasteiger partial charge is 0.384 e. The summed E-state index contributed by atoms with van der Waals surface area (Å²) in [5.74, 6) is 0.766. The van der Waals surface area contributed by atoms with Gasteiger partial charge in [0.15, 0.2) is 5.78 Å². The zero-order valence-electron chi connectivity index (χ0n) is 22.8. The Kier molecular flexibility index (Phi) is 7.62. The minimum absolute atomic E-state index is 0.0858. The summed E-state index contributed by atoms with van der Waals surface area (Å²) in [6.45, 7) is 8.26. The van der Waals surface area contributed by atoms with Crippen molar-refractivity contribution in [3.05, 3.63) is 116 Å². The van der Waals surface area contributed by atoms with E-state index in [2.05, 4.69) is 63.2 Å². The van der Waals surface area contributed by atoms with E-state index in [4.69, 9.17) is 17.3 Å². The molecular formula is C33H32ClN3OS. The molecule has 0 bridgehead atoms. The number of nitrogens with zero attached hydrogens (tertiary/aromatic N) is 2. The van der Waals surface area contributed by atoms with E-state index in [1.54, 1.807) is 11.8 Å². The normalized spacial score (nSPS) is 17.4. The standard InChI is InChI=1S/C33H32ClN3OS/c1-19-8-12-25(13-9-19)39-18-23-14-20(2)15-26(22(23)4)31-27(17-35)33(36)37(28-6-5-7-30(38)32(28)31)29-16-24(34)11-10-21(29)3/h8-16,31H,5-7,18,36H2,1-4H3. The summed E-state index contributed by atoms with van der Waals surface area (Å²) in [7, 11) is 0. The van der Waals surface area contributed by atoms with Crippen LogP contribution < -0.4 is 10.6 Å². The number of thioether (sulfide) groups is 1. The van der Waals surface area contributed by atoms with Gasteiger partial charge in [0, 0.05) is 33.4 Å². The van der Waals surface area contributed by atoms with Crippen LogP contribution in [0.25, 0.3) is 0 Å². The van der Waals surface area contributed by atoms with Crippen LogP contribution in [0, 0.1) is 39.0 Å². The van der Waals surface area contributed by atoms with Crippen LogP contribution in [0.3, 0.4) is 0 Å². The smallest absolute Gasteiger partial charge is 0.161 e. The minimum Gasteiger partial charge on any atom is -0.384 e. The van der Waals surface area contributed by atoms with E-state index >= 15 is 0 Å². The van der Waals surface area contributed by atoms with Gasteiger partial charge in [0.1, 0.15) is 5.82 Å². The van der Waals surface area contributed by atoms with E-state index in [-0.39, 0.29) is 5.78 Å². The van der Waals surface area contributed by atoms with Crippen LogP contribution in [0.4, 0.5) is 5.69 Å². The Hall–Kier alpha value is -3.46. The fourth-order valence-electron chi connectivity index (χ4n) is 5.71. The predicted octanol–water partition coefficient (Wildman–Crippen LogP) is 8.17. The lowest BCUT2D eigenvalue weighted by Crippen LogP contribution is -2.39. The van der Waals surface area contributed by atoms with E-state index in [1.165, 1.54) is 16.0 Å². The van der Waals surface area contributed by atoms with Gasteiger partial charge >= 0.3 is 0 Å². The molecule has 1 unspecified atom stereocenters. The summed E-state index contributed by atoms with van der Waals surface area (Å²) in [5, 5.41) is 11.1. The molecule has 198 valence electrons. The molecule has 0 aromatic heterocycles. The lowest BCUT2D eigenvalue weighted by molar-refractivity contribution is -0.116. The summed E-state index contributed by atoms with van der Waals surface area (Å²) in [4.78, 5) is 16.8. The summed E-state index contributed by atoms with van der Waals surface area (Å²) < 4.78 is 0. The van der Waals surface area contributed by atoms with Gasteiger partial charge in [-0.15, -0.1) is 11.8 Å². The molecule has 0 saturated carbocycles. The quantitative estimate of drug-likeness (QED) is 0.323. The van der Waals surface area contributed by atoms with Crippen molar-refractivity contribution in [1.29, 1.82) is 5.26 Å². The Balaban J connectivity index is 1.65. The third kappa shape index (κ3) is 5.12. The molecule has 0 spiro atoms. The average Bonchev–Trinajstić information content (AvgIpc) is 2.91. The van der Waals surface area contributed by atoms with Gasteiger partial charge in [-0.2, -0.15) is 5.26 Å². The fraction of sp³-hybridized carbons (Fsp3) is 0.273. The second kappa shape index (κ2) is 11.0. The zero-order chi connectivity index (χ0) is 27.8. The number of ketones is 1.